The Hall–Kier alpha value is -1.93. The first-order valence-corrected chi connectivity index (χ1v) is 10.2. The van der Waals surface area contributed by atoms with E-state index in [9.17, 15) is 18.0 Å². The fourth-order valence-electron chi connectivity index (χ4n) is 2.46. The lowest BCUT2D eigenvalue weighted by Crippen LogP contribution is -2.49. The lowest BCUT2D eigenvalue weighted by molar-refractivity contribution is -0.147. The van der Waals surface area contributed by atoms with Crippen molar-refractivity contribution in [3.63, 3.8) is 0 Å². The van der Waals surface area contributed by atoms with Crippen LogP contribution in [0.1, 0.15) is 39.2 Å². The third-order valence-corrected chi connectivity index (χ3v) is 5.18. The predicted molar refractivity (Wildman–Crippen MR) is 101 cm³/mol. The molecule has 0 spiro atoms. The Bertz CT molecular complexity index is 727. The maximum absolute atomic E-state index is 12.5. The average Bonchev–Trinajstić information content (AvgIpc) is 2.58. The van der Waals surface area contributed by atoms with Crippen molar-refractivity contribution in [3.05, 3.63) is 29.8 Å². The van der Waals surface area contributed by atoms with Gasteiger partial charge in [-0.05, 0) is 44.4 Å². The van der Waals surface area contributed by atoms with E-state index in [2.05, 4.69) is 5.32 Å². The van der Waals surface area contributed by atoms with E-state index in [1.807, 2.05) is 6.92 Å². The van der Waals surface area contributed by atoms with E-state index in [1.165, 1.54) is 12.1 Å². The molecule has 0 fully saturated rings. The number of unbranched alkanes of at least 4 members (excludes halogenated alkanes) is 1. The molecule has 0 aliphatic carbocycles. The van der Waals surface area contributed by atoms with E-state index in [4.69, 9.17) is 5.14 Å². The molecule has 0 aliphatic rings. The molecule has 3 N–H and O–H groups in total. The topological polar surface area (TPSA) is 110 Å². The van der Waals surface area contributed by atoms with Gasteiger partial charge in [0, 0.05) is 20.1 Å². The van der Waals surface area contributed by atoms with Crippen LogP contribution < -0.4 is 10.5 Å². The Morgan fingerprint density at radius 1 is 1.19 bits per heavy atom. The zero-order valence-corrected chi connectivity index (χ0v) is 16.7. The first-order chi connectivity index (χ1) is 12.0. The van der Waals surface area contributed by atoms with Gasteiger partial charge in [-0.25, -0.2) is 13.6 Å². The molecule has 0 aliphatic heterocycles. The number of nitrogens with two attached hydrogens (primary N) is 1. The minimum absolute atomic E-state index is 0.0483. The molecule has 8 heteroatoms. The number of amides is 2. The molecule has 0 heterocycles. The van der Waals surface area contributed by atoms with E-state index >= 15 is 0 Å². The third kappa shape index (κ3) is 6.10. The van der Waals surface area contributed by atoms with E-state index in [0.29, 0.717) is 19.5 Å². The fraction of sp³-hybridized carbons (Fsp3) is 0.556. The smallest absolute Gasteiger partial charge is 0.238 e. The molecule has 1 rings (SSSR count). The zero-order valence-electron chi connectivity index (χ0n) is 15.9. The number of carbonyl (C=O) groups excluding carboxylic acids is 2. The van der Waals surface area contributed by atoms with Gasteiger partial charge < -0.3 is 10.2 Å². The molecular weight excluding hydrogens is 354 g/mol. The van der Waals surface area contributed by atoms with Crippen molar-refractivity contribution < 1.29 is 18.0 Å². The predicted octanol–water partition coefficient (Wildman–Crippen LogP) is 1.28. The second-order valence-electron chi connectivity index (χ2n) is 6.90. The van der Waals surface area contributed by atoms with Crippen LogP contribution in [0.5, 0.6) is 0 Å². The van der Waals surface area contributed by atoms with Crippen LogP contribution in [0.3, 0.4) is 0 Å². The van der Waals surface area contributed by atoms with E-state index in [1.54, 1.807) is 37.9 Å². The molecule has 0 unspecified atom stereocenters. The van der Waals surface area contributed by atoms with Crippen molar-refractivity contribution in [1.29, 1.82) is 0 Å². The minimum atomic E-state index is -3.71. The number of hydrogen-bond acceptors (Lipinski definition) is 4. The monoisotopic (exact) mass is 383 g/mol. The summed E-state index contributed by atoms with van der Waals surface area (Å²) in [6.45, 7) is 6.26. The molecule has 0 saturated heterocycles. The summed E-state index contributed by atoms with van der Waals surface area (Å²) in [5.74, 6) is -0.534. The van der Waals surface area contributed by atoms with Crippen LogP contribution >= 0.6 is 0 Å². The SMILES string of the molecule is CCCCN(C)C(=O)C(C)(C)C(=O)NCCc1ccc(S(N)(=O)=O)cc1. The van der Waals surface area contributed by atoms with Gasteiger partial charge in [0.25, 0.3) is 0 Å². The summed E-state index contributed by atoms with van der Waals surface area (Å²) < 4.78 is 22.5. The molecular formula is C18H29N3O4S. The summed E-state index contributed by atoms with van der Waals surface area (Å²) in [7, 11) is -2.00. The fourth-order valence-corrected chi connectivity index (χ4v) is 2.97. The van der Waals surface area contributed by atoms with Crippen molar-refractivity contribution >= 4 is 21.8 Å². The first-order valence-electron chi connectivity index (χ1n) is 8.65. The standard InChI is InChI=1S/C18H29N3O4S/c1-5-6-13-21(4)17(23)18(2,3)16(22)20-12-11-14-7-9-15(10-8-14)26(19,24)25/h7-10H,5-6,11-13H2,1-4H3,(H,20,22)(H2,19,24,25). The van der Waals surface area contributed by atoms with Gasteiger partial charge in [0.15, 0.2) is 0 Å². The van der Waals surface area contributed by atoms with Gasteiger partial charge in [0.2, 0.25) is 21.8 Å². The molecule has 0 bridgehead atoms. The van der Waals surface area contributed by atoms with Gasteiger partial charge in [0.05, 0.1) is 4.90 Å². The van der Waals surface area contributed by atoms with Crippen LogP contribution in [0.15, 0.2) is 29.2 Å². The van der Waals surface area contributed by atoms with Crippen LogP contribution in [0, 0.1) is 5.41 Å². The molecule has 0 saturated carbocycles. The lowest BCUT2D eigenvalue weighted by Gasteiger charge is -2.28. The molecule has 7 nitrogen and oxygen atoms in total. The second kappa shape index (κ2) is 9.14. The van der Waals surface area contributed by atoms with Crippen LogP contribution in [-0.4, -0.2) is 45.3 Å². The number of hydrogen-bond donors (Lipinski definition) is 2. The van der Waals surface area contributed by atoms with E-state index < -0.39 is 15.4 Å². The van der Waals surface area contributed by atoms with E-state index in [-0.39, 0.29) is 16.7 Å². The van der Waals surface area contributed by atoms with Gasteiger partial charge >= 0.3 is 0 Å². The highest BCUT2D eigenvalue weighted by atomic mass is 32.2. The maximum atomic E-state index is 12.5. The van der Waals surface area contributed by atoms with Gasteiger partial charge in [-0.1, -0.05) is 25.5 Å². The normalized spacial score (nSPS) is 11.9. The summed E-state index contributed by atoms with van der Waals surface area (Å²) in [6.07, 6.45) is 2.40. The molecule has 146 valence electrons. The minimum Gasteiger partial charge on any atom is -0.355 e. The zero-order chi connectivity index (χ0) is 20.0. The Balaban J connectivity index is 2.58. The number of nitrogens with one attached hydrogen (secondary N) is 1. The summed E-state index contributed by atoms with van der Waals surface area (Å²) in [6, 6.07) is 6.17. The van der Waals surface area contributed by atoms with Crippen molar-refractivity contribution in [2.24, 2.45) is 10.6 Å². The van der Waals surface area contributed by atoms with Crippen molar-refractivity contribution in [2.75, 3.05) is 20.1 Å². The molecule has 1 aromatic carbocycles. The first kappa shape index (κ1) is 22.1. The summed E-state index contributed by atoms with van der Waals surface area (Å²) >= 11 is 0. The number of sulfonamides is 1. The summed E-state index contributed by atoms with van der Waals surface area (Å²) in [4.78, 5) is 26.5. The lowest BCUT2D eigenvalue weighted by atomic mass is 9.90. The van der Waals surface area contributed by atoms with Gasteiger partial charge in [-0.15, -0.1) is 0 Å². The van der Waals surface area contributed by atoms with Gasteiger partial charge in [-0.2, -0.15) is 0 Å². The number of nitrogens with zero attached hydrogens (tertiary/aromatic N) is 1. The molecule has 1 aromatic rings. The highest BCUT2D eigenvalue weighted by Crippen LogP contribution is 2.19. The molecule has 0 radical (unpaired) electrons. The highest BCUT2D eigenvalue weighted by Gasteiger charge is 2.37. The Kier molecular flexibility index (Phi) is 7.77. The van der Waals surface area contributed by atoms with Crippen molar-refractivity contribution in [2.45, 2.75) is 44.9 Å². The number of primary sulfonamides is 1. The second-order valence-corrected chi connectivity index (χ2v) is 8.46. The number of carbonyl (C=O) groups is 2. The van der Waals surface area contributed by atoms with Crippen molar-refractivity contribution in [1.82, 2.24) is 10.2 Å². The van der Waals surface area contributed by atoms with Crippen LogP contribution in [-0.2, 0) is 26.0 Å². The Morgan fingerprint density at radius 3 is 2.27 bits per heavy atom. The highest BCUT2D eigenvalue weighted by molar-refractivity contribution is 7.89. The molecule has 2 amide bonds. The van der Waals surface area contributed by atoms with Crippen LogP contribution in [0.25, 0.3) is 0 Å². The molecule has 0 atom stereocenters. The number of rotatable bonds is 9. The van der Waals surface area contributed by atoms with Gasteiger partial charge in [-0.3, -0.25) is 9.59 Å². The molecule has 26 heavy (non-hydrogen) atoms. The van der Waals surface area contributed by atoms with Crippen LogP contribution in [0.2, 0.25) is 0 Å². The average molecular weight is 384 g/mol. The quantitative estimate of drug-likeness (QED) is 0.626. The van der Waals surface area contributed by atoms with Crippen molar-refractivity contribution in [3.8, 4) is 0 Å². The summed E-state index contributed by atoms with van der Waals surface area (Å²) in [5, 5.41) is 7.84. The Morgan fingerprint density at radius 2 is 1.77 bits per heavy atom. The maximum Gasteiger partial charge on any atom is 0.238 e. The molecule has 0 aromatic heterocycles. The third-order valence-electron chi connectivity index (χ3n) is 4.25. The summed E-state index contributed by atoms with van der Waals surface area (Å²) in [5.41, 5.74) is -0.276. The van der Waals surface area contributed by atoms with Gasteiger partial charge in [0.1, 0.15) is 5.41 Å². The Labute approximate surface area is 156 Å². The number of benzene rings is 1. The van der Waals surface area contributed by atoms with Crippen LogP contribution in [0.4, 0.5) is 0 Å². The largest absolute Gasteiger partial charge is 0.355 e. The van der Waals surface area contributed by atoms with E-state index in [0.717, 1.165) is 18.4 Å².